The predicted molar refractivity (Wildman–Crippen MR) is 90.7 cm³/mol. The molecule has 2 aromatic rings. The monoisotopic (exact) mass is 365 g/mol. The number of alkyl halides is 2. The molecule has 1 unspecified atom stereocenters. The first kappa shape index (κ1) is 19.3. The molecule has 1 amide bonds. The molecule has 0 bridgehead atoms. The lowest BCUT2D eigenvalue weighted by Gasteiger charge is -2.24. The van der Waals surface area contributed by atoms with E-state index in [0.717, 1.165) is 4.90 Å². The molecule has 0 aromatic heterocycles. The molecular weight excluding hydrogens is 347 g/mol. The highest BCUT2D eigenvalue weighted by Crippen LogP contribution is 2.29. The van der Waals surface area contributed by atoms with Crippen LogP contribution < -0.4 is 10.5 Å². The summed E-state index contributed by atoms with van der Waals surface area (Å²) < 4.78 is 42.5. The van der Waals surface area contributed by atoms with E-state index in [9.17, 15) is 18.0 Å². The lowest BCUT2D eigenvalue weighted by molar-refractivity contribution is -0.127. The van der Waals surface area contributed by atoms with E-state index >= 15 is 0 Å². The van der Waals surface area contributed by atoms with Gasteiger partial charge in [0.2, 0.25) is 5.91 Å². The van der Waals surface area contributed by atoms with E-state index in [1.807, 2.05) is 0 Å². The van der Waals surface area contributed by atoms with Gasteiger partial charge in [0.1, 0.15) is 11.6 Å². The Labute approximate surface area is 148 Å². The number of amides is 1. The van der Waals surface area contributed by atoms with Crippen molar-refractivity contribution in [1.82, 2.24) is 4.90 Å². The highest BCUT2D eigenvalue weighted by molar-refractivity contribution is 5.99. The van der Waals surface area contributed by atoms with Crippen LogP contribution in [-0.2, 0) is 4.79 Å². The second-order valence-electron chi connectivity index (χ2n) is 5.67. The summed E-state index contributed by atoms with van der Waals surface area (Å²) in [5, 5.41) is 7.46. The molecule has 1 atom stereocenters. The number of benzene rings is 2. The molecule has 5 nitrogen and oxygen atoms in total. The van der Waals surface area contributed by atoms with Gasteiger partial charge in [-0.15, -0.1) is 0 Å². The fraction of sp³-hybridized carbons (Fsp3) is 0.222. The van der Waals surface area contributed by atoms with E-state index in [2.05, 4.69) is 4.74 Å². The number of carbonyl (C=O) groups is 1. The number of guanidine groups is 1. The topological polar surface area (TPSA) is 79.4 Å². The Hall–Kier alpha value is -3.03. The van der Waals surface area contributed by atoms with Crippen LogP contribution in [0.3, 0.4) is 0 Å². The predicted octanol–water partition coefficient (Wildman–Crippen LogP) is 3.22. The third-order valence-electron chi connectivity index (χ3n) is 3.89. The van der Waals surface area contributed by atoms with Crippen molar-refractivity contribution < 1.29 is 22.7 Å². The van der Waals surface area contributed by atoms with Crippen molar-refractivity contribution in [3.63, 3.8) is 0 Å². The summed E-state index contributed by atoms with van der Waals surface area (Å²) in [6.07, 6.45) is 0. The Bertz CT molecular complexity index is 810. The Balaban J connectivity index is 2.47. The Morgan fingerprint density at radius 1 is 1.15 bits per heavy atom. The molecule has 0 aliphatic heterocycles. The summed E-state index contributed by atoms with van der Waals surface area (Å²) in [6.45, 7) is -1.39. The van der Waals surface area contributed by atoms with Gasteiger partial charge >= 0.3 is 6.61 Å². The Morgan fingerprint density at radius 2 is 1.73 bits per heavy atom. The van der Waals surface area contributed by atoms with Crippen molar-refractivity contribution in [2.45, 2.75) is 19.5 Å². The largest absolute Gasteiger partial charge is 0.435 e. The zero-order valence-corrected chi connectivity index (χ0v) is 14.2. The van der Waals surface area contributed by atoms with E-state index in [1.165, 1.54) is 49.5 Å². The summed E-state index contributed by atoms with van der Waals surface area (Å²) in [5.74, 6) is -2.31. The smallest absolute Gasteiger partial charge is 0.387 e. The van der Waals surface area contributed by atoms with E-state index in [0.29, 0.717) is 16.7 Å². The first-order valence-corrected chi connectivity index (χ1v) is 7.63. The Kier molecular flexibility index (Phi) is 5.86. The SMILES string of the molecule is Cc1cc(C(C(=O)N(C)C(=N)N)c2ccc(OC(F)F)cc2)ccc1F. The zero-order valence-electron chi connectivity index (χ0n) is 14.2. The molecule has 138 valence electrons. The van der Waals surface area contributed by atoms with E-state index in [1.54, 1.807) is 6.92 Å². The molecule has 0 aliphatic rings. The molecule has 0 fully saturated rings. The molecule has 2 aromatic carbocycles. The van der Waals surface area contributed by atoms with Crippen LogP contribution in [0.1, 0.15) is 22.6 Å². The molecule has 0 spiro atoms. The number of nitrogens with one attached hydrogen (secondary N) is 1. The van der Waals surface area contributed by atoms with Gasteiger partial charge in [-0.25, -0.2) is 4.39 Å². The quantitative estimate of drug-likeness (QED) is 0.631. The molecule has 0 saturated heterocycles. The molecule has 0 saturated carbocycles. The second-order valence-corrected chi connectivity index (χ2v) is 5.67. The molecule has 3 N–H and O–H groups in total. The lowest BCUT2D eigenvalue weighted by atomic mass is 9.89. The van der Waals surface area contributed by atoms with Crippen LogP contribution in [0.2, 0.25) is 0 Å². The molecule has 8 heteroatoms. The molecular formula is C18H18F3N3O2. The number of rotatable bonds is 5. The fourth-order valence-corrected chi connectivity index (χ4v) is 2.48. The third kappa shape index (κ3) is 4.33. The molecule has 0 heterocycles. The number of ether oxygens (including phenoxy) is 1. The van der Waals surface area contributed by atoms with Gasteiger partial charge in [0.25, 0.3) is 0 Å². The van der Waals surface area contributed by atoms with Crippen molar-refractivity contribution in [1.29, 1.82) is 5.41 Å². The van der Waals surface area contributed by atoms with Gasteiger partial charge in [-0.2, -0.15) is 8.78 Å². The van der Waals surface area contributed by atoms with Crippen LogP contribution in [0.4, 0.5) is 13.2 Å². The van der Waals surface area contributed by atoms with Gasteiger partial charge in [-0.3, -0.25) is 15.1 Å². The van der Waals surface area contributed by atoms with Gasteiger partial charge in [-0.05, 0) is 41.8 Å². The third-order valence-corrected chi connectivity index (χ3v) is 3.89. The second kappa shape index (κ2) is 7.90. The fourth-order valence-electron chi connectivity index (χ4n) is 2.48. The van der Waals surface area contributed by atoms with Crippen molar-refractivity contribution >= 4 is 11.9 Å². The van der Waals surface area contributed by atoms with Crippen LogP contribution in [-0.4, -0.2) is 30.4 Å². The highest BCUT2D eigenvalue weighted by atomic mass is 19.3. The minimum Gasteiger partial charge on any atom is -0.435 e. The van der Waals surface area contributed by atoms with E-state index in [-0.39, 0.29) is 5.75 Å². The normalized spacial score (nSPS) is 11.9. The highest BCUT2D eigenvalue weighted by Gasteiger charge is 2.27. The first-order valence-electron chi connectivity index (χ1n) is 7.63. The first-order chi connectivity index (χ1) is 12.2. The molecule has 0 aliphatic carbocycles. The number of hydrogen-bond acceptors (Lipinski definition) is 3. The van der Waals surface area contributed by atoms with Gasteiger partial charge in [0.05, 0.1) is 5.92 Å². The minimum atomic E-state index is -2.96. The van der Waals surface area contributed by atoms with E-state index < -0.39 is 30.2 Å². The number of nitrogens with zero attached hydrogens (tertiary/aromatic N) is 1. The summed E-state index contributed by atoms with van der Waals surface area (Å²) in [4.78, 5) is 13.8. The maximum absolute atomic E-state index is 13.6. The maximum atomic E-state index is 13.6. The van der Waals surface area contributed by atoms with Crippen LogP contribution in [0, 0.1) is 18.2 Å². The standard InChI is InChI=1S/C18H18F3N3O2/c1-10-9-12(5-8-14(10)19)15(16(25)24(2)18(22)23)11-3-6-13(7-4-11)26-17(20)21/h3-9,15,17H,1-2H3,(H3,22,23). The van der Waals surface area contributed by atoms with Crippen molar-refractivity contribution in [3.8, 4) is 5.75 Å². The summed E-state index contributed by atoms with van der Waals surface area (Å²) in [6, 6.07) is 9.78. The number of aryl methyl sites for hydroxylation is 1. The average Bonchev–Trinajstić information content (AvgIpc) is 2.58. The zero-order chi connectivity index (χ0) is 19.4. The van der Waals surface area contributed by atoms with Gasteiger partial charge < -0.3 is 10.5 Å². The number of likely N-dealkylation sites (N-methyl/N-ethyl adjacent to an activating group) is 1. The van der Waals surface area contributed by atoms with Crippen molar-refractivity contribution in [2.24, 2.45) is 5.73 Å². The van der Waals surface area contributed by atoms with Crippen molar-refractivity contribution in [3.05, 3.63) is 65.0 Å². The average molecular weight is 365 g/mol. The summed E-state index contributed by atoms with van der Waals surface area (Å²) >= 11 is 0. The summed E-state index contributed by atoms with van der Waals surface area (Å²) in [7, 11) is 1.35. The van der Waals surface area contributed by atoms with Crippen LogP contribution in [0.25, 0.3) is 0 Å². The Morgan fingerprint density at radius 3 is 2.23 bits per heavy atom. The van der Waals surface area contributed by atoms with Gasteiger partial charge in [0.15, 0.2) is 5.96 Å². The maximum Gasteiger partial charge on any atom is 0.387 e. The minimum absolute atomic E-state index is 0.0508. The van der Waals surface area contributed by atoms with Gasteiger partial charge in [-0.1, -0.05) is 24.3 Å². The number of hydrogen-bond donors (Lipinski definition) is 2. The molecule has 26 heavy (non-hydrogen) atoms. The van der Waals surface area contributed by atoms with Crippen molar-refractivity contribution in [2.75, 3.05) is 7.05 Å². The molecule has 0 radical (unpaired) electrons. The number of halogens is 3. The number of carbonyl (C=O) groups excluding carboxylic acids is 1. The lowest BCUT2D eigenvalue weighted by Crippen LogP contribution is -2.41. The van der Waals surface area contributed by atoms with Crippen LogP contribution >= 0.6 is 0 Å². The van der Waals surface area contributed by atoms with Crippen LogP contribution in [0.5, 0.6) is 5.75 Å². The number of nitrogens with two attached hydrogens (primary N) is 1. The van der Waals surface area contributed by atoms with E-state index in [4.69, 9.17) is 11.1 Å². The molecule has 2 rings (SSSR count). The van der Waals surface area contributed by atoms with Crippen LogP contribution in [0.15, 0.2) is 42.5 Å². The van der Waals surface area contributed by atoms with Gasteiger partial charge in [0, 0.05) is 7.05 Å². The summed E-state index contributed by atoms with van der Waals surface area (Å²) in [5.41, 5.74) is 6.70.